The molecule has 138 valence electrons. The van der Waals surface area contributed by atoms with Gasteiger partial charge in [0.2, 0.25) is 0 Å². The third-order valence-electron chi connectivity index (χ3n) is 4.03. The summed E-state index contributed by atoms with van der Waals surface area (Å²) in [7, 11) is -4.61. The van der Waals surface area contributed by atoms with Gasteiger partial charge in [-0.25, -0.2) is 4.57 Å². The van der Waals surface area contributed by atoms with Crippen LogP contribution in [0.25, 0.3) is 0 Å². The Morgan fingerprint density at radius 3 is 2.27 bits per heavy atom. The van der Waals surface area contributed by atoms with Crippen LogP contribution in [0.1, 0.15) is 31.9 Å². The highest BCUT2D eigenvalue weighted by Gasteiger charge is 2.25. The van der Waals surface area contributed by atoms with Gasteiger partial charge in [-0.3, -0.25) is 14.6 Å². The molecule has 0 fully saturated rings. The van der Waals surface area contributed by atoms with E-state index in [0.29, 0.717) is 11.3 Å². The molecule has 0 atom stereocenters. The van der Waals surface area contributed by atoms with Gasteiger partial charge in [0, 0.05) is 16.7 Å². The van der Waals surface area contributed by atoms with Crippen LogP contribution in [0.2, 0.25) is 0 Å². The van der Waals surface area contributed by atoms with Gasteiger partial charge in [-0.15, -0.1) is 0 Å². The largest absolute Gasteiger partial charge is 0.524 e. The third-order valence-corrected chi connectivity index (χ3v) is 4.48. The first-order chi connectivity index (χ1) is 12.0. The summed E-state index contributed by atoms with van der Waals surface area (Å²) in [5, 5.41) is 2.75. The first-order valence-electron chi connectivity index (χ1n) is 7.92. The number of benzene rings is 2. The molecule has 0 radical (unpaired) electrons. The summed E-state index contributed by atoms with van der Waals surface area (Å²) in [6.07, 6.45) is 0. The van der Waals surface area contributed by atoms with Crippen LogP contribution in [0.3, 0.4) is 0 Å². The molecule has 0 saturated heterocycles. The van der Waals surface area contributed by atoms with Crippen molar-refractivity contribution in [3.8, 4) is 5.75 Å². The van der Waals surface area contributed by atoms with Crippen molar-refractivity contribution in [2.24, 2.45) is 0 Å². The van der Waals surface area contributed by atoms with E-state index in [-0.39, 0.29) is 11.7 Å². The van der Waals surface area contributed by atoms with Crippen molar-refractivity contribution in [1.29, 1.82) is 0 Å². The Bertz CT molecular complexity index is 868. The SMILES string of the molecule is C=C(C)C(=O)Nc1ccc(C(C)(C)c2cccc(OP(=O)(O)O)c2)cc1. The van der Waals surface area contributed by atoms with Crippen LogP contribution in [-0.2, 0) is 14.8 Å². The normalized spacial score (nSPS) is 11.7. The van der Waals surface area contributed by atoms with Crippen molar-refractivity contribution in [2.45, 2.75) is 26.2 Å². The van der Waals surface area contributed by atoms with Crippen molar-refractivity contribution in [3.63, 3.8) is 0 Å². The van der Waals surface area contributed by atoms with Crippen molar-refractivity contribution in [1.82, 2.24) is 0 Å². The van der Waals surface area contributed by atoms with Crippen LogP contribution in [0.15, 0.2) is 60.7 Å². The summed E-state index contributed by atoms with van der Waals surface area (Å²) in [5.74, 6) is -0.131. The lowest BCUT2D eigenvalue weighted by molar-refractivity contribution is -0.112. The van der Waals surface area contributed by atoms with Gasteiger partial charge in [0.05, 0.1) is 0 Å². The maximum atomic E-state index is 11.7. The van der Waals surface area contributed by atoms with E-state index in [4.69, 9.17) is 9.79 Å². The first kappa shape index (κ1) is 19.9. The minimum absolute atomic E-state index is 0.106. The molecular formula is C19H22NO5P. The zero-order valence-corrected chi connectivity index (χ0v) is 15.8. The first-order valence-corrected chi connectivity index (χ1v) is 9.45. The van der Waals surface area contributed by atoms with E-state index in [9.17, 15) is 9.36 Å². The molecule has 2 aromatic rings. The second-order valence-corrected chi connectivity index (χ2v) is 7.71. The Kier molecular flexibility index (Phi) is 5.71. The lowest BCUT2D eigenvalue weighted by atomic mass is 9.78. The smallest absolute Gasteiger partial charge is 0.404 e. The lowest BCUT2D eigenvalue weighted by Crippen LogP contribution is -2.19. The minimum Gasteiger partial charge on any atom is -0.404 e. The molecule has 3 N–H and O–H groups in total. The second-order valence-electron chi connectivity index (χ2n) is 6.55. The number of phosphoric ester groups is 1. The molecule has 0 spiro atoms. The van der Waals surface area contributed by atoms with Crippen LogP contribution in [0, 0.1) is 0 Å². The maximum absolute atomic E-state index is 11.7. The standard InChI is InChI=1S/C19H22NO5P/c1-13(2)18(21)20-16-10-8-14(9-11-16)19(3,4)15-6-5-7-17(12-15)25-26(22,23)24/h5-12H,1H2,2-4H3,(H,20,21)(H2,22,23,24). The van der Waals surface area contributed by atoms with Gasteiger partial charge in [-0.05, 0) is 42.3 Å². The molecule has 0 saturated carbocycles. The van der Waals surface area contributed by atoms with Crippen molar-refractivity contribution in [3.05, 3.63) is 71.8 Å². The highest BCUT2D eigenvalue weighted by molar-refractivity contribution is 7.46. The van der Waals surface area contributed by atoms with Gasteiger partial charge in [0.25, 0.3) is 5.91 Å². The highest BCUT2D eigenvalue weighted by atomic mass is 31.2. The number of anilines is 1. The molecule has 2 aromatic carbocycles. The maximum Gasteiger partial charge on any atom is 0.524 e. The molecular weight excluding hydrogens is 353 g/mol. The molecule has 7 heteroatoms. The topological polar surface area (TPSA) is 95.9 Å². The third kappa shape index (κ3) is 5.05. The number of phosphoric acid groups is 1. The van der Waals surface area contributed by atoms with E-state index in [0.717, 1.165) is 11.1 Å². The van der Waals surface area contributed by atoms with Crippen molar-refractivity contribution >= 4 is 19.4 Å². The number of amides is 1. The Balaban J connectivity index is 2.27. The van der Waals surface area contributed by atoms with Crippen molar-refractivity contribution in [2.75, 3.05) is 5.32 Å². The lowest BCUT2D eigenvalue weighted by Gasteiger charge is -2.27. The van der Waals surface area contributed by atoms with Crippen LogP contribution in [0.4, 0.5) is 5.69 Å². The molecule has 1 amide bonds. The predicted molar refractivity (Wildman–Crippen MR) is 101 cm³/mol. The van der Waals surface area contributed by atoms with Crippen LogP contribution in [0.5, 0.6) is 5.75 Å². The molecule has 26 heavy (non-hydrogen) atoms. The summed E-state index contributed by atoms with van der Waals surface area (Å²) in [6, 6.07) is 14.0. The zero-order chi connectivity index (χ0) is 19.5. The summed E-state index contributed by atoms with van der Waals surface area (Å²) in [5.41, 5.74) is 2.46. The number of hydrogen-bond acceptors (Lipinski definition) is 3. The number of nitrogens with one attached hydrogen (secondary N) is 1. The fraction of sp³-hybridized carbons (Fsp3) is 0.211. The Morgan fingerprint density at radius 2 is 1.73 bits per heavy atom. The quantitative estimate of drug-likeness (QED) is 0.524. The van der Waals surface area contributed by atoms with E-state index < -0.39 is 13.2 Å². The summed E-state index contributed by atoms with van der Waals surface area (Å²) in [6.45, 7) is 9.22. The van der Waals surface area contributed by atoms with Crippen LogP contribution >= 0.6 is 7.82 Å². The van der Waals surface area contributed by atoms with Gasteiger partial charge in [0.15, 0.2) is 0 Å². The molecule has 0 aromatic heterocycles. The predicted octanol–water partition coefficient (Wildman–Crippen LogP) is 4.00. The Morgan fingerprint density at radius 1 is 1.12 bits per heavy atom. The highest BCUT2D eigenvalue weighted by Crippen LogP contribution is 2.40. The number of rotatable bonds is 6. The Hall–Kier alpha value is -2.40. The molecule has 0 heterocycles. The van der Waals surface area contributed by atoms with Gasteiger partial charge in [-0.1, -0.05) is 44.7 Å². The van der Waals surface area contributed by atoms with Crippen molar-refractivity contribution < 1.29 is 23.7 Å². The summed E-state index contributed by atoms with van der Waals surface area (Å²) >= 11 is 0. The summed E-state index contributed by atoms with van der Waals surface area (Å²) in [4.78, 5) is 29.6. The molecule has 0 aliphatic carbocycles. The monoisotopic (exact) mass is 375 g/mol. The molecule has 6 nitrogen and oxygen atoms in total. The number of carbonyl (C=O) groups excluding carboxylic acids is 1. The van der Waals surface area contributed by atoms with E-state index in [1.54, 1.807) is 31.2 Å². The number of hydrogen-bond donors (Lipinski definition) is 3. The molecule has 0 unspecified atom stereocenters. The van der Waals surface area contributed by atoms with Gasteiger partial charge in [-0.2, -0.15) is 0 Å². The molecule has 0 bridgehead atoms. The van der Waals surface area contributed by atoms with E-state index in [1.165, 1.54) is 6.07 Å². The van der Waals surface area contributed by atoms with Crippen LogP contribution in [-0.4, -0.2) is 15.7 Å². The second kappa shape index (κ2) is 7.46. The fourth-order valence-electron chi connectivity index (χ4n) is 2.45. The fourth-order valence-corrected chi connectivity index (χ4v) is 2.84. The van der Waals surface area contributed by atoms with Gasteiger partial charge >= 0.3 is 7.82 Å². The molecule has 0 aliphatic rings. The van der Waals surface area contributed by atoms with Crippen LogP contribution < -0.4 is 9.84 Å². The number of carbonyl (C=O) groups is 1. The Labute approximate surface area is 152 Å². The van der Waals surface area contributed by atoms with E-state index in [1.807, 2.05) is 32.0 Å². The molecule has 2 rings (SSSR count). The minimum atomic E-state index is -4.61. The molecule has 0 aliphatic heterocycles. The average molecular weight is 375 g/mol. The van der Waals surface area contributed by atoms with E-state index >= 15 is 0 Å². The average Bonchev–Trinajstić information content (AvgIpc) is 2.54. The van der Waals surface area contributed by atoms with Gasteiger partial charge in [0.1, 0.15) is 5.75 Å². The zero-order valence-electron chi connectivity index (χ0n) is 14.9. The van der Waals surface area contributed by atoms with Gasteiger partial charge < -0.3 is 9.84 Å². The summed E-state index contributed by atoms with van der Waals surface area (Å²) < 4.78 is 15.7. The van der Waals surface area contributed by atoms with E-state index in [2.05, 4.69) is 16.4 Å².